The van der Waals surface area contributed by atoms with Crippen molar-refractivity contribution in [3.05, 3.63) is 59.7 Å². The van der Waals surface area contributed by atoms with Crippen molar-refractivity contribution in [1.82, 2.24) is 9.21 Å². The van der Waals surface area contributed by atoms with E-state index in [0.717, 1.165) is 0 Å². The minimum Gasteiger partial charge on any atom is -0.339 e. The zero-order valence-electron chi connectivity index (χ0n) is 17.7. The van der Waals surface area contributed by atoms with Gasteiger partial charge in [0, 0.05) is 43.0 Å². The molecule has 0 saturated carbocycles. The van der Waals surface area contributed by atoms with E-state index in [0.29, 0.717) is 42.7 Å². The molecule has 0 aliphatic carbocycles. The first kappa shape index (κ1) is 22.4. The van der Waals surface area contributed by atoms with Crippen LogP contribution in [0.4, 0.5) is 5.69 Å². The van der Waals surface area contributed by atoms with E-state index in [1.54, 1.807) is 54.4 Å². The zero-order chi connectivity index (χ0) is 23.1. The maximum atomic E-state index is 12.8. The lowest BCUT2D eigenvalue weighted by molar-refractivity contribution is 0.0686. The molecule has 0 radical (unpaired) electrons. The van der Waals surface area contributed by atoms with Gasteiger partial charge in [-0.25, -0.2) is 12.7 Å². The van der Waals surface area contributed by atoms with E-state index in [4.69, 9.17) is 0 Å². The Morgan fingerprint density at radius 3 is 2.34 bits per heavy atom. The van der Waals surface area contributed by atoms with Crippen molar-refractivity contribution in [3.63, 3.8) is 0 Å². The number of carbonyl (C=O) groups excluding carboxylic acids is 1. The van der Waals surface area contributed by atoms with E-state index in [1.807, 2.05) is 0 Å². The minimum absolute atomic E-state index is 0.105. The molecule has 1 amide bonds. The van der Waals surface area contributed by atoms with Gasteiger partial charge < -0.3 is 10.2 Å². The largest absolute Gasteiger partial charge is 0.339 e. The smallest absolute Gasteiger partial charge is 0.285 e. The van der Waals surface area contributed by atoms with Crippen LogP contribution in [0, 0.1) is 0 Å². The lowest BCUT2D eigenvalue weighted by Gasteiger charge is -2.35. The molecule has 0 unspecified atom stereocenters. The molecule has 170 valence electrons. The van der Waals surface area contributed by atoms with Crippen LogP contribution in [0.15, 0.2) is 57.8 Å². The van der Waals surface area contributed by atoms with Crippen LogP contribution in [0.25, 0.3) is 0 Å². The van der Waals surface area contributed by atoms with Crippen LogP contribution < -0.4 is 5.32 Å². The lowest BCUT2D eigenvalue weighted by Crippen LogP contribution is -2.47. The average Bonchev–Trinajstić information content (AvgIpc) is 3.03. The summed E-state index contributed by atoms with van der Waals surface area (Å²) in [4.78, 5) is 14.7. The van der Waals surface area contributed by atoms with Crippen LogP contribution >= 0.6 is 0 Å². The Morgan fingerprint density at radius 1 is 1.09 bits per heavy atom. The Bertz CT molecular complexity index is 1280. The number of amidine groups is 1. The zero-order valence-corrected chi connectivity index (χ0v) is 19.4. The summed E-state index contributed by atoms with van der Waals surface area (Å²) in [7, 11) is -5.39. The van der Waals surface area contributed by atoms with Crippen molar-refractivity contribution >= 4 is 37.5 Å². The maximum Gasteiger partial charge on any atom is 0.285 e. The van der Waals surface area contributed by atoms with Crippen LogP contribution in [0.5, 0.6) is 0 Å². The van der Waals surface area contributed by atoms with Crippen LogP contribution in [-0.4, -0.2) is 70.2 Å². The van der Waals surface area contributed by atoms with Gasteiger partial charge in [-0.2, -0.15) is 8.42 Å². The molecule has 2 aliphatic rings. The summed E-state index contributed by atoms with van der Waals surface area (Å²) in [6, 6.07) is 13.3. The molecule has 11 heteroatoms. The van der Waals surface area contributed by atoms with Crippen LogP contribution in [-0.2, 0) is 20.0 Å². The Balaban J connectivity index is 1.41. The molecule has 1 saturated heterocycles. The number of hydrogen-bond donors (Lipinski definition) is 1. The van der Waals surface area contributed by atoms with Crippen molar-refractivity contribution in [2.24, 2.45) is 4.40 Å². The standard InChI is InChI=1S/C21H24N4O5S2/c1-24(31(2,27)28)17-11-13-25(14-12-17)21(26)15-7-9-16(10-8-15)22-20-18-5-3-4-6-19(18)32(29,30)23-20/h3-10,17H,11-14H2,1-2H3,(H,22,23). The third-order valence-electron chi connectivity index (χ3n) is 5.82. The van der Waals surface area contributed by atoms with E-state index < -0.39 is 20.0 Å². The van der Waals surface area contributed by atoms with Gasteiger partial charge in [0.05, 0.1) is 6.26 Å². The number of anilines is 1. The topological polar surface area (TPSA) is 116 Å². The monoisotopic (exact) mass is 476 g/mol. The Labute approximate surface area is 187 Å². The van der Waals surface area contributed by atoms with Crippen LogP contribution in [0.2, 0.25) is 0 Å². The van der Waals surface area contributed by atoms with Crippen molar-refractivity contribution in [2.45, 2.75) is 23.8 Å². The number of carbonyl (C=O) groups is 1. The summed E-state index contributed by atoms with van der Waals surface area (Å²) in [5, 5.41) is 3.01. The van der Waals surface area contributed by atoms with Crippen molar-refractivity contribution < 1.29 is 21.6 Å². The first-order valence-corrected chi connectivity index (χ1v) is 13.4. The fraction of sp³-hybridized carbons (Fsp3) is 0.333. The Morgan fingerprint density at radius 2 is 1.72 bits per heavy atom. The van der Waals surface area contributed by atoms with Crippen LogP contribution in [0.3, 0.4) is 0 Å². The highest BCUT2D eigenvalue weighted by Gasteiger charge is 2.30. The number of rotatable bonds is 4. The normalized spacial score (nSPS) is 18.3. The number of nitrogens with zero attached hydrogens (tertiary/aromatic N) is 3. The predicted octanol–water partition coefficient (Wildman–Crippen LogP) is 1.74. The molecular weight excluding hydrogens is 452 g/mol. The van der Waals surface area contributed by atoms with E-state index in [9.17, 15) is 21.6 Å². The van der Waals surface area contributed by atoms with E-state index in [2.05, 4.69) is 9.71 Å². The summed E-state index contributed by atoms with van der Waals surface area (Å²) < 4.78 is 53.0. The molecule has 2 heterocycles. The van der Waals surface area contributed by atoms with Gasteiger partial charge >= 0.3 is 0 Å². The van der Waals surface area contributed by atoms with Gasteiger partial charge in [-0.3, -0.25) is 4.79 Å². The number of likely N-dealkylation sites (tertiary alicyclic amines) is 1. The highest BCUT2D eigenvalue weighted by Crippen LogP contribution is 2.27. The average molecular weight is 477 g/mol. The van der Waals surface area contributed by atoms with Crippen molar-refractivity contribution in [2.75, 3.05) is 31.7 Å². The molecule has 0 atom stereocenters. The van der Waals surface area contributed by atoms with Gasteiger partial charge in [0.2, 0.25) is 10.0 Å². The molecule has 2 aliphatic heterocycles. The van der Waals surface area contributed by atoms with Gasteiger partial charge in [-0.1, -0.05) is 12.1 Å². The van der Waals surface area contributed by atoms with Gasteiger partial charge in [0.1, 0.15) is 4.90 Å². The number of amides is 1. The Kier molecular flexibility index (Phi) is 5.82. The third-order valence-corrected chi connectivity index (χ3v) is 8.49. The van der Waals surface area contributed by atoms with Crippen molar-refractivity contribution in [3.8, 4) is 0 Å². The molecule has 0 bridgehead atoms. The molecule has 2 aromatic rings. The number of fused-ring (bicyclic) bond motifs is 1. The van der Waals surface area contributed by atoms with Gasteiger partial charge in [-0.05, 0) is 49.2 Å². The minimum atomic E-state index is -3.71. The van der Waals surface area contributed by atoms with Crippen LogP contribution in [0.1, 0.15) is 28.8 Å². The number of piperidine rings is 1. The molecule has 0 aromatic heterocycles. The second-order valence-electron chi connectivity index (χ2n) is 7.92. The molecule has 1 N–H and O–H groups in total. The summed E-state index contributed by atoms with van der Waals surface area (Å²) in [6.07, 6.45) is 2.36. The summed E-state index contributed by atoms with van der Waals surface area (Å²) in [5.74, 6) is 0.125. The summed E-state index contributed by atoms with van der Waals surface area (Å²) >= 11 is 0. The molecule has 2 aromatic carbocycles. The molecule has 4 rings (SSSR count). The fourth-order valence-electron chi connectivity index (χ4n) is 3.91. The summed E-state index contributed by atoms with van der Waals surface area (Å²) in [6.45, 7) is 0.962. The Hall–Kier alpha value is -2.76. The second-order valence-corrected chi connectivity index (χ2v) is 11.5. The molecular formula is C21H24N4O5S2. The number of hydrogen-bond acceptors (Lipinski definition) is 6. The van der Waals surface area contributed by atoms with Gasteiger partial charge in [-0.15, -0.1) is 4.40 Å². The number of sulfonamides is 2. The second kappa shape index (κ2) is 8.30. The number of nitrogens with one attached hydrogen (secondary N) is 1. The first-order chi connectivity index (χ1) is 15.1. The fourth-order valence-corrected chi connectivity index (χ4v) is 5.84. The first-order valence-electron chi connectivity index (χ1n) is 10.1. The van der Waals surface area contributed by atoms with E-state index in [-0.39, 0.29) is 22.7 Å². The highest BCUT2D eigenvalue weighted by atomic mass is 32.2. The maximum absolute atomic E-state index is 12.8. The number of benzene rings is 2. The summed E-state index contributed by atoms with van der Waals surface area (Å²) in [5.41, 5.74) is 1.63. The highest BCUT2D eigenvalue weighted by molar-refractivity contribution is 7.90. The SMILES string of the molecule is CN(C1CCN(C(=O)c2ccc(NC3=NS(=O)(=O)c4ccccc43)cc2)CC1)S(C)(=O)=O. The van der Waals surface area contributed by atoms with Gasteiger partial charge in [0.25, 0.3) is 15.9 Å². The molecule has 9 nitrogen and oxygen atoms in total. The van der Waals surface area contributed by atoms with Gasteiger partial charge in [0.15, 0.2) is 5.84 Å². The van der Waals surface area contributed by atoms with E-state index >= 15 is 0 Å². The lowest BCUT2D eigenvalue weighted by atomic mass is 10.0. The van der Waals surface area contributed by atoms with E-state index in [1.165, 1.54) is 16.6 Å². The van der Waals surface area contributed by atoms with Crippen molar-refractivity contribution in [1.29, 1.82) is 0 Å². The molecule has 32 heavy (non-hydrogen) atoms. The molecule has 0 spiro atoms. The molecule has 1 fully saturated rings. The third kappa shape index (κ3) is 4.41. The predicted molar refractivity (Wildman–Crippen MR) is 122 cm³/mol. The quantitative estimate of drug-likeness (QED) is 0.719.